The number of hydrogen-bond acceptors (Lipinski definition) is 4. The summed E-state index contributed by atoms with van der Waals surface area (Å²) in [6.45, 7) is 6.00. The van der Waals surface area contributed by atoms with Gasteiger partial charge in [-0.3, -0.25) is 0 Å². The lowest BCUT2D eigenvalue weighted by Crippen LogP contribution is -2.48. The van der Waals surface area contributed by atoms with E-state index >= 15 is 0 Å². The maximum atomic E-state index is 9.35. The highest BCUT2D eigenvalue weighted by Gasteiger charge is 2.38. The average molecular weight is 255 g/mol. The molecular formula is C14H29N3O. The van der Waals surface area contributed by atoms with E-state index in [1.807, 2.05) is 0 Å². The average Bonchev–Trinajstić information content (AvgIpc) is 2.81. The molecular weight excluding hydrogens is 226 g/mol. The van der Waals surface area contributed by atoms with Gasteiger partial charge < -0.3 is 20.6 Å². The number of rotatable bonds is 4. The molecule has 106 valence electrons. The van der Waals surface area contributed by atoms with E-state index in [-0.39, 0.29) is 12.1 Å². The smallest absolute Gasteiger partial charge is 0.0611 e. The molecule has 2 rings (SSSR count). The van der Waals surface area contributed by atoms with E-state index in [4.69, 9.17) is 5.73 Å². The Morgan fingerprint density at radius 2 is 1.94 bits per heavy atom. The van der Waals surface area contributed by atoms with Gasteiger partial charge in [-0.1, -0.05) is 6.92 Å². The molecule has 0 aromatic rings. The molecule has 3 N–H and O–H groups in total. The van der Waals surface area contributed by atoms with E-state index in [2.05, 4.69) is 23.8 Å². The van der Waals surface area contributed by atoms with Gasteiger partial charge in [-0.15, -0.1) is 0 Å². The Morgan fingerprint density at radius 3 is 2.44 bits per heavy atom. The molecule has 0 bridgehead atoms. The Bertz CT molecular complexity index is 266. The van der Waals surface area contributed by atoms with Gasteiger partial charge in [-0.25, -0.2) is 0 Å². The van der Waals surface area contributed by atoms with Gasteiger partial charge in [0.15, 0.2) is 0 Å². The first-order valence-corrected chi connectivity index (χ1v) is 7.42. The summed E-state index contributed by atoms with van der Waals surface area (Å²) in [5, 5.41) is 9.35. The van der Waals surface area contributed by atoms with E-state index in [0.29, 0.717) is 12.1 Å². The second-order valence-corrected chi connectivity index (χ2v) is 6.25. The fourth-order valence-electron chi connectivity index (χ4n) is 3.56. The Hall–Kier alpha value is -0.160. The summed E-state index contributed by atoms with van der Waals surface area (Å²) in [6, 6.07) is 1.28. The molecule has 2 fully saturated rings. The normalized spacial score (nSPS) is 35.5. The largest absolute Gasteiger partial charge is 0.394 e. The van der Waals surface area contributed by atoms with Crippen LogP contribution in [0.5, 0.6) is 0 Å². The number of hydrogen-bond donors (Lipinski definition) is 2. The second kappa shape index (κ2) is 5.87. The molecule has 1 saturated heterocycles. The highest BCUT2D eigenvalue weighted by molar-refractivity contribution is 4.98. The molecule has 4 nitrogen and oxygen atoms in total. The molecule has 2 atom stereocenters. The fourth-order valence-corrected chi connectivity index (χ4v) is 3.56. The SMILES string of the molecule is CCN1CCC(N(C)C2CCC(N)(CO)C2)CC1. The molecule has 1 aliphatic heterocycles. The zero-order chi connectivity index (χ0) is 13.2. The molecule has 0 amide bonds. The molecule has 2 unspecified atom stereocenters. The standard InChI is InChI=1S/C14H29N3O/c1-3-17-8-5-12(6-9-17)16(2)13-4-7-14(15,10-13)11-18/h12-13,18H,3-11,15H2,1-2H3. The summed E-state index contributed by atoms with van der Waals surface area (Å²) in [7, 11) is 2.25. The Labute approximate surface area is 111 Å². The van der Waals surface area contributed by atoms with Crippen molar-refractivity contribution in [3.8, 4) is 0 Å². The van der Waals surface area contributed by atoms with Gasteiger partial charge >= 0.3 is 0 Å². The van der Waals surface area contributed by atoms with Gasteiger partial charge in [0.05, 0.1) is 6.61 Å². The molecule has 2 aliphatic rings. The third-order valence-electron chi connectivity index (χ3n) is 5.09. The van der Waals surface area contributed by atoms with Crippen molar-refractivity contribution in [1.82, 2.24) is 9.80 Å². The molecule has 1 aliphatic carbocycles. The Balaban J connectivity index is 1.84. The predicted molar refractivity (Wildman–Crippen MR) is 74.5 cm³/mol. The van der Waals surface area contributed by atoms with Crippen LogP contribution >= 0.6 is 0 Å². The lowest BCUT2D eigenvalue weighted by Gasteiger charge is -2.39. The molecule has 1 heterocycles. The number of likely N-dealkylation sites (tertiary alicyclic amines) is 1. The molecule has 0 spiro atoms. The molecule has 4 heteroatoms. The van der Waals surface area contributed by atoms with Crippen LogP contribution in [0.1, 0.15) is 39.0 Å². The van der Waals surface area contributed by atoms with Crippen molar-refractivity contribution >= 4 is 0 Å². The topological polar surface area (TPSA) is 52.7 Å². The van der Waals surface area contributed by atoms with Crippen molar-refractivity contribution in [2.45, 2.75) is 56.7 Å². The van der Waals surface area contributed by atoms with Crippen molar-refractivity contribution in [2.75, 3.05) is 33.3 Å². The molecule has 1 saturated carbocycles. The fraction of sp³-hybridized carbons (Fsp3) is 1.00. The van der Waals surface area contributed by atoms with Crippen LogP contribution in [0, 0.1) is 0 Å². The van der Waals surface area contributed by atoms with Crippen molar-refractivity contribution in [2.24, 2.45) is 5.73 Å². The van der Waals surface area contributed by atoms with Gasteiger partial charge in [0, 0.05) is 17.6 Å². The van der Waals surface area contributed by atoms with Crippen molar-refractivity contribution in [3.05, 3.63) is 0 Å². The minimum atomic E-state index is -0.316. The molecule has 18 heavy (non-hydrogen) atoms. The van der Waals surface area contributed by atoms with Crippen LogP contribution in [0.4, 0.5) is 0 Å². The molecule has 0 radical (unpaired) electrons. The number of aliphatic hydroxyl groups excluding tert-OH is 1. The number of aliphatic hydroxyl groups is 1. The molecule has 0 aromatic carbocycles. The Morgan fingerprint density at radius 1 is 1.28 bits per heavy atom. The Kier molecular flexibility index (Phi) is 4.64. The highest BCUT2D eigenvalue weighted by Crippen LogP contribution is 2.32. The summed E-state index contributed by atoms with van der Waals surface area (Å²) >= 11 is 0. The van der Waals surface area contributed by atoms with Crippen LogP contribution in [0.3, 0.4) is 0 Å². The van der Waals surface area contributed by atoms with E-state index < -0.39 is 0 Å². The van der Waals surface area contributed by atoms with E-state index in [1.54, 1.807) is 0 Å². The lowest BCUT2D eigenvalue weighted by atomic mass is 9.98. The van der Waals surface area contributed by atoms with Crippen LogP contribution in [-0.2, 0) is 0 Å². The van der Waals surface area contributed by atoms with Crippen molar-refractivity contribution < 1.29 is 5.11 Å². The number of nitrogens with two attached hydrogens (primary N) is 1. The van der Waals surface area contributed by atoms with Gasteiger partial charge in [0.1, 0.15) is 0 Å². The van der Waals surface area contributed by atoms with Gasteiger partial charge in [-0.2, -0.15) is 0 Å². The summed E-state index contributed by atoms with van der Waals surface area (Å²) in [5.74, 6) is 0. The number of piperidine rings is 1. The summed E-state index contributed by atoms with van der Waals surface area (Å²) < 4.78 is 0. The first-order chi connectivity index (χ1) is 8.58. The first-order valence-electron chi connectivity index (χ1n) is 7.42. The second-order valence-electron chi connectivity index (χ2n) is 6.25. The summed E-state index contributed by atoms with van der Waals surface area (Å²) in [5.41, 5.74) is 5.86. The van der Waals surface area contributed by atoms with Crippen molar-refractivity contribution in [1.29, 1.82) is 0 Å². The van der Waals surface area contributed by atoms with Crippen LogP contribution in [0.25, 0.3) is 0 Å². The monoisotopic (exact) mass is 255 g/mol. The van der Waals surface area contributed by atoms with Gasteiger partial charge in [-0.05, 0) is 58.8 Å². The maximum Gasteiger partial charge on any atom is 0.0611 e. The first kappa shape index (κ1) is 14.3. The number of nitrogens with zero attached hydrogens (tertiary/aromatic N) is 2. The van der Waals surface area contributed by atoms with E-state index in [1.165, 1.54) is 32.5 Å². The van der Waals surface area contributed by atoms with Gasteiger partial charge in [0.25, 0.3) is 0 Å². The van der Waals surface area contributed by atoms with E-state index in [0.717, 1.165) is 19.3 Å². The van der Waals surface area contributed by atoms with Gasteiger partial charge in [0.2, 0.25) is 0 Å². The maximum absolute atomic E-state index is 9.35. The molecule has 0 aromatic heterocycles. The highest BCUT2D eigenvalue weighted by atomic mass is 16.3. The van der Waals surface area contributed by atoms with Crippen LogP contribution < -0.4 is 5.73 Å². The summed E-state index contributed by atoms with van der Waals surface area (Å²) in [6.07, 6.45) is 5.61. The van der Waals surface area contributed by atoms with Crippen LogP contribution in [0.15, 0.2) is 0 Å². The third-order valence-corrected chi connectivity index (χ3v) is 5.09. The van der Waals surface area contributed by atoms with Crippen LogP contribution in [-0.4, -0.2) is 65.8 Å². The third kappa shape index (κ3) is 3.05. The zero-order valence-electron chi connectivity index (χ0n) is 11.9. The lowest BCUT2D eigenvalue weighted by molar-refractivity contribution is 0.0945. The summed E-state index contributed by atoms with van der Waals surface area (Å²) in [4.78, 5) is 5.07. The van der Waals surface area contributed by atoms with Crippen LogP contribution in [0.2, 0.25) is 0 Å². The predicted octanol–water partition coefficient (Wildman–Crippen LogP) is 0.645. The minimum absolute atomic E-state index is 0.131. The van der Waals surface area contributed by atoms with E-state index in [9.17, 15) is 5.11 Å². The zero-order valence-corrected chi connectivity index (χ0v) is 11.9. The quantitative estimate of drug-likeness (QED) is 0.774. The minimum Gasteiger partial charge on any atom is -0.394 e. The van der Waals surface area contributed by atoms with Crippen molar-refractivity contribution in [3.63, 3.8) is 0 Å².